The molecule has 2 N–H and O–H groups in total. The summed E-state index contributed by atoms with van der Waals surface area (Å²) >= 11 is -2.61. The van der Waals surface area contributed by atoms with Gasteiger partial charge in [-0.3, -0.25) is 9.11 Å². The maximum absolute atomic E-state index is 8.67. The van der Waals surface area contributed by atoms with Gasteiger partial charge in [-0.2, -0.15) is 4.21 Å². The molecule has 0 fully saturated rings. The van der Waals surface area contributed by atoms with Gasteiger partial charge in [-0.1, -0.05) is 0 Å². The summed E-state index contributed by atoms with van der Waals surface area (Å²) in [5.41, 5.74) is 0. The number of hydrogen-bond donors (Lipinski definition) is 2. The first-order valence-electron chi connectivity index (χ1n) is 0.532. The van der Waals surface area contributed by atoms with Crippen molar-refractivity contribution in [3.05, 3.63) is 0 Å². The van der Waals surface area contributed by atoms with Crippen molar-refractivity contribution >= 4 is 80.1 Å². The number of rotatable bonds is 0. The molecule has 0 unspecified atom stereocenters. The Labute approximate surface area is 91.6 Å². The molecule has 0 saturated carbocycles. The Balaban J connectivity index is -0.0000000450. The fourth-order valence-corrected chi connectivity index (χ4v) is 0. The van der Waals surface area contributed by atoms with E-state index in [9.17, 15) is 0 Å². The fourth-order valence-electron chi connectivity index (χ4n) is 0. The van der Waals surface area contributed by atoms with Crippen LogP contribution in [0.3, 0.4) is 0 Å². The van der Waals surface area contributed by atoms with Crippen molar-refractivity contribution < 1.29 is 13.3 Å². The van der Waals surface area contributed by atoms with Crippen molar-refractivity contribution in [2.75, 3.05) is 0 Å². The summed E-state index contributed by atoms with van der Waals surface area (Å²) in [6, 6.07) is 0. The van der Waals surface area contributed by atoms with Gasteiger partial charge in [0, 0.05) is 0 Å². The second kappa shape index (κ2) is 10.3. The Morgan fingerprint density at radius 3 is 1.33 bits per heavy atom. The molecule has 0 aromatic heterocycles. The molecule has 0 atom stereocenters. The van der Waals surface area contributed by atoms with Gasteiger partial charge in [0.1, 0.15) is 0 Å². The van der Waals surface area contributed by atoms with Crippen LogP contribution in [0.1, 0.15) is 0 Å². The topological polar surface area (TPSA) is 57.5 Å². The Kier molecular flexibility index (Phi) is 26.9. The van der Waals surface area contributed by atoms with Crippen molar-refractivity contribution in [2.45, 2.75) is 0 Å². The second-order valence-electron chi connectivity index (χ2n) is 0.231. The maximum atomic E-state index is 8.67. The molecule has 0 bridgehead atoms. The summed E-state index contributed by atoms with van der Waals surface area (Å²) in [5.74, 6) is 0. The summed E-state index contributed by atoms with van der Waals surface area (Å²) in [6.07, 6.45) is 0. The van der Waals surface area contributed by atoms with Crippen LogP contribution in [-0.2, 0) is 11.4 Å². The van der Waals surface area contributed by atoms with Gasteiger partial charge in [-0.15, -0.1) is 0 Å². The molecule has 0 aromatic rings. The molecule has 0 aliphatic heterocycles. The fraction of sp³-hybridized carbons (Fsp3) is 0. The zero-order chi connectivity index (χ0) is 3.58. The van der Waals surface area contributed by atoms with Gasteiger partial charge in [0.2, 0.25) is 0 Å². The van der Waals surface area contributed by atoms with Crippen LogP contribution < -0.4 is 0 Å². The van der Waals surface area contributed by atoms with Crippen LogP contribution >= 0.6 is 0 Å². The molecule has 0 rings (SSSR count). The van der Waals surface area contributed by atoms with Gasteiger partial charge in [0.05, 0.1) is 0 Å². The molecule has 0 amide bonds. The Bertz CT molecular complexity index is 33.8. The van der Waals surface area contributed by atoms with Crippen molar-refractivity contribution in [3.8, 4) is 0 Å². The Hall–Kier alpha value is 2.24. The first-order valence-corrected chi connectivity index (χ1v) is 1.60. The third-order valence-corrected chi connectivity index (χ3v) is 0. The Morgan fingerprint density at radius 1 is 1.33 bits per heavy atom. The van der Waals surface area contributed by atoms with E-state index in [1.165, 1.54) is 0 Å². The third kappa shape index (κ3) is 34.2. The monoisotopic (exact) mass is 152 g/mol. The second-order valence-corrected chi connectivity index (χ2v) is 0.692. The van der Waals surface area contributed by atoms with Crippen LogP contribution in [0, 0.1) is 0 Å². The van der Waals surface area contributed by atoms with Crippen LogP contribution in [0.5, 0.6) is 0 Å². The predicted octanol–water partition coefficient (Wildman–Crippen LogP) is -2.15. The average molecular weight is 152 g/mol. The van der Waals surface area contributed by atoms with Crippen molar-refractivity contribution in [1.29, 1.82) is 0 Å². The van der Waals surface area contributed by atoms with E-state index in [0.717, 1.165) is 0 Å². The van der Waals surface area contributed by atoms with Crippen LogP contribution in [0.4, 0.5) is 0 Å². The van der Waals surface area contributed by atoms with Gasteiger partial charge in [0.25, 0.3) is 11.4 Å². The van der Waals surface area contributed by atoms with E-state index in [1.54, 1.807) is 0 Å². The molecule has 0 aromatic carbocycles. The van der Waals surface area contributed by atoms with E-state index in [2.05, 4.69) is 0 Å². The summed E-state index contributed by atoms with van der Waals surface area (Å²) in [5, 5.41) is 0. The third-order valence-electron chi connectivity index (χ3n) is 0. The van der Waals surface area contributed by atoms with Crippen molar-refractivity contribution in [2.24, 2.45) is 0 Å². The molecule has 6 heavy (non-hydrogen) atoms. The minimum absolute atomic E-state index is 0. The molecule has 6 heteroatoms. The molecule has 0 saturated heterocycles. The van der Waals surface area contributed by atoms with Crippen molar-refractivity contribution in [1.82, 2.24) is 0 Å². The molecule has 0 spiro atoms. The molecule has 0 aliphatic rings. The van der Waals surface area contributed by atoms with E-state index in [0.29, 0.717) is 0 Å². The molecule has 0 heterocycles. The van der Waals surface area contributed by atoms with Gasteiger partial charge in [-0.05, 0) is 0 Å². The van der Waals surface area contributed by atoms with Gasteiger partial charge in [-0.25, -0.2) is 0 Å². The van der Waals surface area contributed by atoms with Crippen LogP contribution in [0.2, 0.25) is 0 Å². The predicted molar refractivity (Wildman–Crippen MR) is 30.5 cm³/mol. The average Bonchev–Trinajstić information content (AvgIpc) is 0.811. The van der Waals surface area contributed by atoms with E-state index in [-0.39, 0.29) is 68.7 Å². The SMILES string of the molecule is O=S(O)O.[AlH3].[KH]. The van der Waals surface area contributed by atoms with Crippen molar-refractivity contribution in [3.63, 3.8) is 0 Å². The summed E-state index contributed by atoms with van der Waals surface area (Å²) < 4.78 is 22.8. The molecular formula is H6AlKO3S. The van der Waals surface area contributed by atoms with Gasteiger partial charge < -0.3 is 0 Å². The molecule has 3 nitrogen and oxygen atoms in total. The van der Waals surface area contributed by atoms with E-state index in [1.807, 2.05) is 0 Å². The van der Waals surface area contributed by atoms with E-state index < -0.39 is 11.4 Å². The zero-order valence-corrected chi connectivity index (χ0v) is 2.53. The normalized spacial score (nSPS) is 5.83. The minimum atomic E-state index is -2.61. The van der Waals surface area contributed by atoms with E-state index >= 15 is 0 Å². The van der Waals surface area contributed by atoms with Gasteiger partial charge in [0.15, 0.2) is 17.4 Å². The summed E-state index contributed by atoms with van der Waals surface area (Å²) in [6.45, 7) is 0. The first kappa shape index (κ1) is 15.7. The standard InChI is InChI=1S/Al.K.H2O3S.4H/c;;1-4(2)3;;;;/h;;(H2,1,2,3);;;;. The number of hydrogen-bond acceptors (Lipinski definition) is 1. The first-order chi connectivity index (χ1) is 1.73. The van der Waals surface area contributed by atoms with E-state index in [4.69, 9.17) is 13.3 Å². The zero-order valence-electron chi connectivity index (χ0n) is 1.71. The molecular weight excluding hydrogens is 146 g/mol. The summed E-state index contributed by atoms with van der Waals surface area (Å²) in [7, 11) is 0. The summed E-state index contributed by atoms with van der Waals surface area (Å²) in [4.78, 5) is 0. The Morgan fingerprint density at radius 2 is 1.33 bits per heavy atom. The molecule has 0 aliphatic carbocycles. The quantitative estimate of drug-likeness (QED) is 0.307. The molecule has 0 radical (unpaired) electrons. The molecule has 34 valence electrons. The van der Waals surface area contributed by atoms with Crippen LogP contribution in [0.25, 0.3) is 0 Å². The van der Waals surface area contributed by atoms with Crippen LogP contribution in [-0.4, -0.2) is 82.1 Å². The van der Waals surface area contributed by atoms with Gasteiger partial charge >= 0.3 is 51.4 Å². The van der Waals surface area contributed by atoms with Crippen LogP contribution in [0.15, 0.2) is 0 Å².